The Morgan fingerprint density at radius 1 is 1.18 bits per heavy atom. The first kappa shape index (κ1) is 22.1. The Labute approximate surface area is 197 Å². The molecule has 1 spiro atoms. The summed E-state index contributed by atoms with van der Waals surface area (Å²) in [5.41, 5.74) is 6.57. The molecule has 2 saturated heterocycles. The van der Waals surface area contributed by atoms with Crippen molar-refractivity contribution in [1.82, 2.24) is 20.2 Å². The highest BCUT2D eigenvalue weighted by Crippen LogP contribution is 2.39. The Morgan fingerprint density at radius 2 is 1.97 bits per heavy atom. The summed E-state index contributed by atoms with van der Waals surface area (Å²) in [5.74, 6) is 0.601. The number of rotatable bonds is 4. The molecule has 2 aliphatic heterocycles. The second-order valence-electron chi connectivity index (χ2n) is 11.1. The van der Waals surface area contributed by atoms with Crippen LogP contribution in [-0.4, -0.2) is 47.0 Å². The predicted octanol–water partition coefficient (Wildman–Crippen LogP) is 5.15. The maximum absolute atomic E-state index is 13.8. The summed E-state index contributed by atoms with van der Waals surface area (Å²) < 4.78 is 0. The lowest BCUT2D eigenvalue weighted by atomic mass is 9.73. The van der Waals surface area contributed by atoms with Crippen LogP contribution in [0.5, 0.6) is 0 Å². The van der Waals surface area contributed by atoms with E-state index < -0.39 is 5.41 Å². The van der Waals surface area contributed by atoms with E-state index in [1.54, 1.807) is 0 Å². The average Bonchev–Trinajstić information content (AvgIpc) is 3.17. The molecule has 2 fully saturated rings. The molecule has 2 aliphatic rings. The van der Waals surface area contributed by atoms with Crippen molar-refractivity contribution in [3.63, 3.8) is 0 Å². The number of likely N-dealkylation sites (tertiary alicyclic amines) is 1. The Morgan fingerprint density at radius 3 is 2.64 bits per heavy atom. The molecule has 0 atom stereocenters. The molecule has 2 aromatic heterocycles. The molecule has 174 valence electrons. The lowest BCUT2D eigenvalue weighted by Gasteiger charge is -2.50. The van der Waals surface area contributed by atoms with Crippen LogP contribution in [-0.2, 0) is 10.2 Å². The van der Waals surface area contributed by atoms with Crippen LogP contribution in [0.2, 0.25) is 0 Å². The van der Waals surface area contributed by atoms with Crippen molar-refractivity contribution in [2.45, 2.75) is 58.8 Å². The van der Waals surface area contributed by atoms with Crippen molar-refractivity contribution in [3.05, 3.63) is 53.3 Å². The Kier molecular flexibility index (Phi) is 5.36. The van der Waals surface area contributed by atoms with Crippen molar-refractivity contribution in [1.29, 1.82) is 0 Å². The molecular formula is C28H36N4O. The number of fused-ring (bicyclic) bond motifs is 1. The van der Waals surface area contributed by atoms with Gasteiger partial charge in [-0.05, 0) is 74.9 Å². The van der Waals surface area contributed by atoms with E-state index in [9.17, 15) is 4.79 Å². The van der Waals surface area contributed by atoms with Crippen molar-refractivity contribution in [3.8, 4) is 11.3 Å². The van der Waals surface area contributed by atoms with Gasteiger partial charge in [0.15, 0.2) is 0 Å². The molecule has 5 heteroatoms. The van der Waals surface area contributed by atoms with Gasteiger partial charge in [-0.2, -0.15) is 0 Å². The molecule has 0 aliphatic carbocycles. The summed E-state index contributed by atoms with van der Waals surface area (Å²) in [7, 11) is 0. The van der Waals surface area contributed by atoms with Crippen LogP contribution in [0.1, 0.15) is 63.3 Å². The molecule has 2 N–H and O–H groups in total. The normalized spacial score (nSPS) is 18.2. The second kappa shape index (κ2) is 7.98. The molecular weight excluding hydrogens is 408 g/mol. The standard InChI is InChI=1S/C28H36N4O/c1-18(2)24-22-14-21(7-8-23(22)31-25(24)20-9-11-30-19(3)13-20)27(4,5)26(33)32-12-6-10-28(17-32)15-29-16-28/h7-9,11,13-14,18,29,31H,6,10,12,15-17H2,1-5H3. The number of nitrogens with zero attached hydrogens (tertiary/aromatic N) is 2. The lowest BCUT2D eigenvalue weighted by molar-refractivity contribution is -0.140. The van der Waals surface area contributed by atoms with Crippen molar-refractivity contribution in [2.24, 2.45) is 5.41 Å². The smallest absolute Gasteiger partial charge is 0.232 e. The fourth-order valence-corrected chi connectivity index (χ4v) is 5.80. The molecule has 0 radical (unpaired) electrons. The zero-order chi connectivity index (χ0) is 23.4. The molecule has 5 rings (SSSR count). The third-order valence-electron chi connectivity index (χ3n) is 7.81. The van der Waals surface area contributed by atoms with Gasteiger partial charge in [0.05, 0.1) is 11.1 Å². The average molecular weight is 445 g/mol. The van der Waals surface area contributed by atoms with Gasteiger partial charge in [-0.3, -0.25) is 9.78 Å². The fraction of sp³-hybridized carbons (Fsp3) is 0.500. The monoisotopic (exact) mass is 444 g/mol. The van der Waals surface area contributed by atoms with E-state index in [2.05, 4.69) is 78.2 Å². The third-order valence-corrected chi connectivity index (χ3v) is 7.81. The van der Waals surface area contributed by atoms with E-state index in [-0.39, 0.29) is 5.91 Å². The molecule has 5 nitrogen and oxygen atoms in total. The van der Waals surface area contributed by atoms with Gasteiger partial charge in [0.2, 0.25) is 5.91 Å². The van der Waals surface area contributed by atoms with Crippen LogP contribution < -0.4 is 5.32 Å². The van der Waals surface area contributed by atoms with Crippen LogP contribution in [0.3, 0.4) is 0 Å². The summed E-state index contributed by atoms with van der Waals surface area (Å²) in [6, 6.07) is 10.7. The van der Waals surface area contributed by atoms with E-state index in [1.807, 2.05) is 13.1 Å². The molecule has 0 bridgehead atoms. The molecule has 1 amide bonds. The first-order valence-corrected chi connectivity index (χ1v) is 12.3. The van der Waals surface area contributed by atoms with Crippen molar-refractivity contribution >= 4 is 16.8 Å². The maximum Gasteiger partial charge on any atom is 0.232 e. The largest absolute Gasteiger partial charge is 0.354 e. The number of aromatic amines is 1. The number of amides is 1. The Bertz CT molecular complexity index is 1200. The second-order valence-corrected chi connectivity index (χ2v) is 11.1. The lowest BCUT2D eigenvalue weighted by Crippen LogP contribution is -2.63. The van der Waals surface area contributed by atoms with Crippen LogP contribution in [0.4, 0.5) is 0 Å². The minimum Gasteiger partial charge on any atom is -0.354 e. The number of nitrogens with one attached hydrogen (secondary N) is 2. The number of hydrogen-bond donors (Lipinski definition) is 2. The van der Waals surface area contributed by atoms with Crippen molar-refractivity contribution in [2.75, 3.05) is 26.2 Å². The van der Waals surface area contributed by atoms with Gasteiger partial charge < -0.3 is 15.2 Å². The number of carbonyl (C=O) groups excluding carboxylic acids is 1. The fourth-order valence-electron chi connectivity index (χ4n) is 5.80. The Hall–Kier alpha value is -2.66. The summed E-state index contributed by atoms with van der Waals surface area (Å²) in [6.07, 6.45) is 4.21. The topological polar surface area (TPSA) is 61.0 Å². The third kappa shape index (κ3) is 3.76. The highest BCUT2D eigenvalue weighted by atomic mass is 16.2. The number of H-pyrrole nitrogens is 1. The Balaban J connectivity index is 1.53. The van der Waals surface area contributed by atoms with Gasteiger partial charge in [0.25, 0.3) is 0 Å². The number of benzene rings is 1. The maximum atomic E-state index is 13.8. The van der Waals surface area contributed by atoms with Gasteiger partial charge >= 0.3 is 0 Å². The number of aryl methyl sites for hydroxylation is 1. The van der Waals surface area contributed by atoms with Gasteiger partial charge in [-0.1, -0.05) is 19.9 Å². The summed E-state index contributed by atoms with van der Waals surface area (Å²) in [4.78, 5) is 23.9. The van der Waals surface area contributed by atoms with Gasteiger partial charge in [-0.25, -0.2) is 0 Å². The molecule has 4 heterocycles. The predicted molar refractivity (Wildman–Crippen MR) is 134 cm³/mol. The minimum absolute atomic E-state index is 0.249. The number of aromatic nitrogens is 2. The van der Waals surface area contributed by atoms with E-state index in [1.165, 1.54) is 17.4 Å². The molecule has 3 aromatic rings. The molecule has 33 heavy (non-hydrogen) atoms. The zero-order valence-corrected chi connectivity index (χ0v) is 20.6. The van der Waals surface area contributed by atoms with Crippen LogP contribution >= 0.6 is 0 Å². The summed E-state index contributed by atoms with van der Waals surface area (Å²) >= 11 is 0. The highest BCUT2D eigenvalue weighted by molar-refractivity contribution is 5.94. The molecule has 0 unspecified atom stereocenters. The quantitative estimate of drug-likeness (QED) is 0.585. The van der Waals surface area contributed by atoms with E-state index in [0.717, 1.165) is 60.6 Å². The van der Waals surface area contributed by atoms with Crippen LogP contribution in [0.15, 0.2) is 36.5 Å². The number of hydrogen-bond acceptors (Lipinski definition) is 3. The van der Waals surface area contributed by atoms with Gasteiger partial charge in [0, 0.05) is 60.0 Å². The van der Waals surface area contributed by atoms with Gasteiger partial charge in [-0.15, -0.1) is 0 Å². The summed E-state index contributed by atoms with van der Waals surface area (Å²) in [6.45, 7) is 14.5. The molecule has 0 saturated carbocycles. The van der Waals surface area contributed by atoms with E-state index in [4.69, 9.17) is 0 Å². The van der Waals surface area contributed by atoms with Crippen LogP contribution in [0, 0.1) is 12.3 Å². The minimum atomic E-state index is -0.567. The number of pyridine rings is 1. The first-order valence-electron chi connectivity index (χ1n) is 12.3. The van der Waals surface area contributed by atoms with Gasteiger partial charge in [0.1, 0.15) is 0 Å². The van der Waals surface area contributed by atoms with Crippen LogP contribution in [0.25, 0.3) is 22.2 Å². The first-order chi connectivity index (χ1) is 15.7. The number of carbonyl (C=O) groups is 1. The highest BCUT2D eigenvalue weighted by Gasteiger charge is 2.44. The zero-order valence-electron chi connectivity index (χ0n) is 20.6. The van der Waals surface area contributed by atoms with E-state index in [0.29, 0.717) is 11.3 Å². The molecule has 1 aromatic carbocycles. The summed E-state index contributed by atoms with van der Waals surface area (Å²) in [5, 5.41) is 4.63. The number of piperidine rings is 1. The SMILES string of the molecule is Cc1cc(-c2[nH]c3ccc(C(C)(C)C(=O)N4CCCC5(CNC5)C4)cc3c2C(C)C)ccn1. The van der Waals surface area contributed by atoms with E-state index >= 15 is 0 Å². The van der Waals surface area contributed by atoms with Crippen molar-refractivity contribution < 1.29 is 4.79 Å².